The van der Waals surface area contributed by atoms with Crippen LogP contribution in [-0.4, -0.2) is 46.1 Å². The summed E-state index contributed by atoms with van der Waals surface area (Å²) in [6.07, 6.45) is 3.81. The number of nitrogens with one attached hydrogen (secondary N) is 2. The van der Waals surface area contributed by atoms with E-state index in [9.17, 15) is 13.2 Å². The summed E-state index contributed by atoms with van der Waals surface area (Å²) < 4.78 is 27.4. The van der Waals surface area contributed by atoms with Gasteiger partial charge in [-0.05, 0) is 30.2 Å². The third-order valence-corrected chi connectivity index (χ3v) is 4.52. The molecular weight excluding hydrogens is 356 g/mol. The second-order valence-electron chi connectivity index (χ2n) is 5.58. The minimum absolute atomic E-state index is 0.0885. The second-order valence-corrected chi connectivity index (χ2v) is 7.14. The van der Waals surface area contributed by atoms with Crippen molar-refractivity contribution in [3.63, 3.8) is 0 Å². The summed E-state index contributed by atoms with van der Waals surface area (Å²) in [4.78, 5) is 16.1. The first-order valence-electron chi connectivity index (χ1n) is 7.98. The number of sulfonamides is 1. The zero-order valence-corrected chi connectivity index (χ0v) is 15.3. The molecule has 0 aliphatic rings. The van der Waals surface area contributed by atoms with Crippen LogP contribution in [0.15, 0.2) is 47.6 Å². The average Bonchev–Trinajstić information content (AvgIpc) is 2.62. The van der Waals surface area contributed by atoms with Crippen LogP contribution in [0.5, 0.6) is 0 Å². The largest absolute Gasteiger partial charge is 0.383 e. The summed E-state index contributed by atoms with van der Waals surface area (Å²) in [6, 6.07) is 8.13. The SMILES string of the molecule is COCCNC(=O)c1cncc(NCCc2ccc(S(N)(=O)=O)cc2)c1. The van der Waals surface area contributed by atoms with Crippen LogP contribution in [0.1, 0.15) is 15.9 Å². The molecule has 0 atom stereocenters. The molecule has 0 aliphatic heterocycles. The normalized spacial score (nSPS) is 11.2. The topological polar surface area (TPSA) is 123 Å². The van der Waals surface area contributed by atoms with Crippen LogP contribution in [0.25, 0.3) is 0 Å². The number of rotatable bonds is 9. The van der Waals surface area contributed by atoms with Crippen LogP contribution in [-0.2, 0) is 21.2 Å². The minimum Gasteiger partial charge on any atom is -0.383 e. The number of hydrogen-bond acceptors (Lipinski definition) is 6. The fraction of sp³-hybridized carbons (Fsp3) is 0.294. The average molecular weight is 378 g/mol. The van der Waals surface area contributed by atoms with E-state index >= 15 is 0 Å². The van der Waals surface area contributed by atoms with E-state index in [1.165, 1.54) is 18.3 Å². The van der Waals surface area contributed by atoms with Gasteiger partial charge in [0.2, 0.25) is 10.0 Å². The molecule has 0 bridgehead atoms. The molecule has 0 spiro atoms. The van der Waals surface area contributed by atoms with Crippen molar-refractivity contribution >= 4 is 21.6 Å². The van der Waals surface area contributed by atoms with Crippen molar-refractivity contribution in [2.45, 2.75) is 11.3 Å². The molecule has 0 radical (unpaired) electrons. The van der Waals surface area contributed by atoms with Crippen LogP contribution in [0.3, 0.4) is 0 Å². The molecule has 1 amide bonds. The number of carbonyl (C=O) groups excluding carboxylic acids is 1. The molecule has 0 saturated carbocycles. The quantitative estimate of drug-likeness (QED) is 0.554. The Kier molecular flexibility index (Phi) is 7.07. The zero-order chi connectivity index (χ0) is 19.0. The van der Waals surface area contributed by atoms with Crippen molar-refractivity contribution in [2.24, 2.45) is 5.14 Å². The van der Waals surface area contributed by atoms with Gasteiger partial charge < -0.3 is 15.4 Å². The lowest BCUT2D eigenvalue weighted by Crippen LogP contribution is -2.27. The maximum Gasteiger partial charge on any atom is 0.253 e. The van der Waals surface area contributed by atoms with E-state index in [2.05, 4.69) is 15.6 Å². The smallest absolute Gasteiger partial charge is 0.253 e. The third kappa shape index (κ3) is 6.10. The summed E-state index contributed by atoms with van der Waals surface area (Å²) in [5.74, 6) is -0.211. The molecule has 9 heteroatoms. The highest BCUT2D eigenvalue weighted by atomic mass is 32.2. The Morgan fingerprint density at radius 2 is 1.92 bits per heavy atom. The summed E-state index contributed by atoms with van der Waals surface area (Å²) in [5.41, 5.74) is 2.15. The molecular formula is C17H22N4O4S. The van der Waals surface area contributed by atoms with E-state index in [1.807, 2.05) is 0 Å². The lowest BCUT2D eigenvalue weighted by atomic mass is 10.1. The van der Waals surface area contributed by atoms with Crippen LogP contribution < -0.4 is 15.8 Å². The molecule has 140 valence electrons. The molecule has 0 aliphatic carbocycles. The number of hydrogen-bond donors (Lipinski definition) is 3. The van der Waals surface area contributed by atoms with Gasteiger partial charge in [-0.25, -0.2) is 13.6 Å². The molecule has 1 aromatic heterocycles. The van der Waals surface area contributed by atoms with Gasteiger partial charge in [0, 0.05) is 32.6 Å². The molecule has 0 fully saturated rings. The summed E-state index contributed by atoms with van der Waals surface area (Å²) >= 11 is 0. The first kappa shape index (κ1) is 19.8. The molecule has 8 nitrogen and oxygen atoms in total. The standard InChI is InChI=1S/C17H22N4O4S/c1-25-9-8-21-17(22)14-10-15(12-19-11-14)20-7-6-13-2-4-16(5-3-13)26(18,23)24/h2-5,10-12,20H,6-9H2,1H3,(H,21,22)(H2,18,23,24). The van der Waals surface area contributed by atoms with E-state index in [0.29, 0.717) is 31.7 Å². The van der Waals surface area contributed by atoms with E-state index in [-0.39, 0.29) is 10.8 Å². The van der Waals surface area contributed by atoms with Gasteiger partial charge in [-0.2, -0.15) is 0 Å². The fourth-order valence-electron chi connectivity index (χ4n) is 2.23. The lowest BCUT2D eigenvalue weighted by molar-refractivity contribution is 0.0936. The van der Waals surface area contributed by atoms with Crippen molar-refractivity contribution in [3.05, 3.63) is 53.9 Å². The van der Waals surface area contributed by atoms with Gasteiger partial charge >= 0.3 is 0 Å². The number of nitrogens with two attached hydrogens (primary N) is 1. The van der Waals surface area contributed by atoms with Gasteiger partial charge in [-0.15, -0.1) is 0 Å². The van der Waals surface area contributed by atoms with Crippen molar-refractivity contribution in [3.8, 4) is 0 Å². The highest BCUT2D eigenvalue weighted by molar-refractivity contribution is 7.89. The predicted octanol–water partition coefficient (Wildman–Crippen LogP) is 0.760. The van der Waals surface area contributed by atoms with Crippen LogP contribution >= 0.6 is 0 Å². The van der Waals surface area contributed by atoms with Crippen LogP contribution in [0.2, 0.25) is 0 Å². The zero-order valence-electron chi connectivity index (χ0n) is 14.4. The van der Waals surface area contributed by atoms with E-state index in [0.717, 1.165) is 11.3 Å². The Bertz CT molecular complexity index is 838. The first-order chi connectivity index (χ1) is 12.4. The van der Waals surface area contributed by atoms with Crippen molar-refractivity contribution in [2.75, 3.05) is 32.1 Å². The van der Waals surface area contributed by atoms with Crippen molar-refractivity contribution in [1.29, 1.82) is 0 Å². The van der Waals surface area contributed by atoms with Gasteiger partial charge in [0.15, 0.2) is 0 Å². The fourth-order valence-corrected chi connectivity index (χ4v) is 2.74. The van der Waals surface area contributed by atoms with Crippen molar-refractivity contribution in [1.82, 2.24) is 10.3 Å². The van der Waals surface area contributed by atoms with Gasteiger partial charge in [0.05, 0.1) is 22.8 Å². The number of ether oxygens (including phenoxy) is 1. The molecule has 2 aromatic rings. The van der Waals surface area contributed by atoms with Gasteiger partial charge in [-0.1, -0.05) is 12.1 Å². The molecule has 1 aromatic carbocycles. The predicted molar refractivity (Wildman–Crippen MR) is 98.5 cm³/mol. The number of nitrogens with zero attached hydrogens (tertiary/aromatic N) is 1. The molecule has 26 heavy (non-hydrogen) atoms. The highest BCUT2D eigenvalue weighted by Crippen LogP contribution is 2.11. The number of anilines is 1. The number of methoxy groups -OCH3 is 1. The Hall–Kier alpha value is -2.49. The molecule has 1 heterocycles. The number of aromatic nitrogens is 1. The second kappa shape index (κ2) is 9.27. The maximum atomic E-state index is 12.0. The monoisotopic (exact) mass is 378 g/mol. The Morgan fingerprint density at radius 1 is 1.19 bits per heavy atom. The minimum atomic E-state index is -3.67. The van der Waals surface area contributed by atoms with Gasteiger partial charge in [-0.3, -0.25) is 9.78 Å². The molecule has 2 rings (SSSR count). The molecule has 4 N–H and O–H groups in total. The summed E-state index contributed by atoms with van der Waals surface area (Å²) in [5, 5.41) is 11.0. The number of carbonyl (C=O) groups is 1. The molecule has 0 unspecified atom stereocenters. The van der Waals surface area contributed by atoms with Crippen LogP contribution in [0, 0.1) is 0 Å². The Labute approximate surface area is 152 Å². The van der Waals surface area contributed by atoms with Gasteiger partial charge in [0.25, 0.3) is 5.91 Å². The van der Waals surface area contributed by atoms with Crippen molar-refractivity contribution < 1.29 is 17.9 Å². The number of amides is 1. The summed E-state index contributed by atoms with van der Waals surface area (Å²) in [6.45, 7) is 1.48. The first-order valence-corrected chi connectivity index (χ1v) is 9.52. The number of primary sulfonamides is 1. The summed E-state index contributed by atoms with van der Waals surface area (Å²) in [7, 11) is -2.10. The van der Waals surface area contributed by atoms with E-state index in [4.69, 9.17) is 9.88 Å². The molecule has 0 saturated heterocycles. The Morgan fingerprint density at radius 3 is 2.58 bits per heavy atom. The van der Waals surface area contributed by atoms with Gasteiger partial charge in [0.1, 0.15) is 0 Å². The number of pyridine rings is 1. The Balaban J connectivity index is 1.88. The lowest BCUT2D eigenvalue weighted by Gasteiger charge is -2.09. The van der Waals surface area contributed by atoms with E-state index < -0.39 is 10.0 Å². The highest BCUT2D eigenvalue weighted by Gasteiger charge is 2.08. The van der Waals surface area contributed by atoms with Crippen LogP contribution in [0.4, 0.5) is 5.69 Å². The van der Waals surface area contributed by atoms with E-state index in [1.54, 1.807) is 31.5 Å². The number of benzene rings is 1. The third-order valence-electron chi connectivity index (χ3n) is 3.59. The maximum absolute atomic E-state index is 12.0.